The lowest BCUT2D eigenvalue weighted by atomic mass is 10.0. The molecule has 0 aliphatic rings. The van der Waals surface area contributed by atoms with Crippen molar-refractivity contribution in [3.05, 3.63) is 36.5 Å². The minimum atomic E-state index is -0.665. The molecule has 0 heterocycles. The SMILES string of the molecule is CCCCCCC/C=C\CCCCCCCC(=O)OCCCCCCCCCCCCC/C=C\C/C=C\CCCCCCCCCCCCCCCCCCCC(=O)NC(CO)C(O)CCCCCCCCCCCCCCCCCCCCCCCCCC. The normalized spacial score (nSPS) is 12.6. The molecule has 0 rings (SSSR count). The minimum absolute atomic E-state index is 0.00899. The summed E-state index contributed by atoms with van der Waals surface area (Å²) in [5.74, 6) is -0.0180. The Morgan fingerprint density at radius 2 is 0.556 bits per heavy atom. The quantitative estimate of drug-likeness (QED) is 0.0320. The maximum absolute atomic E-state index is 12.6. The van der Waals surface area contributed by atoms with Gasteiger partial charge in [-0.15, -0.1) is 0 Å². The topological polar surface area (TPSA) is 95.9 Å². The largest absolute Gasteiger partial charge is 0.466 e. The van der Waals surface area contributed by atoms with Crippen molar-refractivity contribution in [1.29, 1.82) is 0 Å². The van der Waals surface area contributed by atoms with E-state index in [1.165, 1.54) is 379 Å². The van der Waals surface area contributed by atoms with Crippen molar-refractivity contribution in [2.45, 2.75) is 475 Å². The number of rotatable bonds is 78. The van der Waals surface area contributed by atoms with Gasteiger partial charge in [0.1, 0.15) is 0 Å². The van der Waals surface area contributed by atoms with Gasteiger partial charge >= 0.3 is 5.97 Å². The van der Waals surface area contributed by atoms with E-state index in [9.17, 15) is 19.8 Å². The van der Waals surface area contributed by atoms with E-state index in [-0.39, 0.29) is 18.5 Å². The predicted molar refractivity (Wildman–Crippen MR) is 398 cm³/mol. The van der Waals surface area contributed by atoms with Crippen LogP contribution in [0.3, 0.4) is 0 Å². The van der Waals surface area contributed by atoms with Gasteiger partial charge in [-0.3, -0.25) is 9.59 Å². The number of hydrogen-bond acceptors (Lipinski definition) is 5. The fourth-order valence-electron chi connectivity index (χ4n) is 13.1. The summed E-state index contributed by atoms with van der Waals surface area (Å²) in [5.41, 5.74) is 0. The fraction of sp³-hybridized carbons (Fsp3) is 0.905. The van der Waals surface area contributed by atoms with Crippen LogP contribution in [0.1, 0.15) is 463 Å². The van der Waals surface area contributed by atoms with Crippen LogP contribution < -0.4 is 5.32 Å². The highest BCUT2D eigenvalue weighted by Gasteiger charge is 2.20. The van der Waals surface area contributed by atoms with Gasteiger partial charge < -0.3 is 20.3 Å². The molecule has 0 aromatic rings. The van der Waals surface area contributed by atoms with Gasteiger partial charge in [-0.1, -0.05) is 403 Å². The van der Waals surface area contributed by atoms with E-state index in [4.69, 9.17) is 4.74 Å². The molecule has 0 saturated carbocycles. The number of aliphatic hydroxyl groups excluding tert-OH is 2. The number of ether oxygens (including phenoxy) is 1. The third kappa shape index (κ3) is 75.1. The first kappa shape index (κ1) is 88.1. The van der Waals surface area contributed by atoms with Crippen molar-refractivity contribution in [3.8, 4) is 0 Å². The first-order valence-electron chi connectivity index (χ1n) is 41.2. The van der Waals surface area contributed by atoms with Crippen molar-refractivity contribution in [2.24, 2.45) is 0 Å². The average Bonchev–Trinajstić information content (AvgIpc) is 3.60. The average molecular weight is 1270 g/mol. The van der Waals surface area contributed by atoms with Crippen molar-refractivity contribution in [3.63, 3.8) is 0 Å². The van der Waals surface area contributed by atoms with Crippen LogP contribution in [-0.2, 0) is 14.3 Å². The van der Waals surface area contributed by atoms with Gasteiger partial charge in [0.2, 0.25) is 5.91 Å². The zero-order valence-electron chi connectivity index (χ0n) is 61.1. The Hall–Kier alpha value is -1.92. The van der Waals surface area contributed by atoms with Gasteiger partial charge in [0, 0.05) is 12.8 Å². The highest BCUT2D eigenvalue weighted by Crippen LogP contribution is 2.20. The second-order valence-electron chi connectivity index (χ2n) is 28.5. The van der Waals surface area contributed by atoms with Gasteiger partial charge in [0.15, 0.2) is 0 Å². The summed E-state index contributed by atoms with van der Waals surface area (Å²) in [6, 6.07) is -0.541. The zero-order chi connectivity index (χ0) is 64.9. The second-order valence-corrected chi connectivity index (χ2v) is 28.5. The molecule has 2 unspecified atom stereocenters. The highest BCUT2D eigenvalue weighted by atomic mass is 16.5. The van der Waals surface area contributed by atoms with E-state index in [1.807, 2.05) is 0 Å². The number of amides is 1. The van der Waals surface area contributed by atoms with Crippen molar-refractivity contribution < 1.29 is 24.5 Å². The van der Waals surface area contributed by atoms with E-state index >= 15 is 0 Å². The van der Waals surface area contributed by atoms with Crippen LogP contribution in [0, 0.1) is 0 Å². The number of unbranched alkanes of at least 4 members (excludes halogenated alkanes) is 61. The lowest BCUT2D eigenvalue weighted by molar-refractivity contribution is -0.143. The Bertz CT molecular complexity index is 1460. The van der Waals surface area contributed by atoms with Crippen LogP contribution in [0.15, 0.2) is 36.5 Å². The van der Waals surface area contributed by atoms with Crippen LogP contribution in [0.2, 0.25) is 0 Å². The molecule has 0 fully saturated rings. The van der Waals surface area contributed by atoms with E-state index in [2.05, 4.69) is 55.6 Å². The summed E-state index contributed by atoms with van der Waals surface area (Å²) in [6.07, 6.45) is 104. The molecular weight excluding hydrogens is 1100 g/mol. The number of allylic oxidation sites excluding steroid dienone is 6. The molecule has 0 aromatic heterocycles. The summed E-state index contributed by atoms with van der Waals surface area (Å²) in [4.78, 5) is 24.7. The molecular formula is C84H161NO5. The summed E-state index contributed by atoms with van der Waals surface area (Å²) in [5, 5.41) is 23.5. The van der Waals surface area contributed by atoms with E-state index in [0.717, 1.165) is 51.4 Å². The molecule has 6 nitrogen and oxygen atoms in total. The summed E-state index contributed by atoms with van der Waals surface area (Å²) < 4.78 is 5.49. The Morgan fingerprint density at radius 3 is 0.856 bits per heavy atom. The lowest BCUT2D eigenvalue weighted by Crippen LogP contribution is -2.45. The van der Waals surface area contributed by atoms with Gasteiger partial charge in [-0.05, 0) is 83.5 Å². The zero-order valence-corrected chi connectivity index (χ0v) is 61.1. The maximum atomic E-state index is 12.6. The Balaban J connectivity index is 3.37. The third-order valence-electron chi connectivity index (χ3n) is 19.4. The van der Waals surface area contributed by atoms with E-state index in [0.29, 0.717) is 25.9 Å². The molecule has 1 amide bonds. The molecule has 2 atom stereocenters. The maximum Gasteiger partial charge on any atom is 0.305 e. The van der Waals surface area contributed by atoms with Crippen molar-refractivity contribution >= 4 is 11.9 Å². The Labute approximate surface area is 564 Å². The first-order valence-corrected chi connectivity index (χ1v) is 41.2. The third-order valence-corrected chi connectivity index (χ3v) is 19.4. The van der Waals surface area contributed by atoms with Crippen LogP contribution >= 0.6 is 0 Å². The van der Waals surface area contributed by atoms with Gasteiger partial charge in [-0.2, -0.15) is 0 Å². The number of esters is 1. The molecule has 0 aliphatic carbocycles. The molecule has 0 saturated heterocycles. The van der Waals surface area contributed by atoms with E-state index in [1.54, 1.807) is 0 Å². The van der Waals surface area contributed by atoms with Crippen molar-refractivity contribution in [1.82, 2.24) is 5.32 Å². The number of carbonyl (C=O) groups excluding carboxylic acids is 2. The Morgan fingerprint density at radius 1 is 0.311 bits per heavy atom. The highest BCUT2D eigenvalue weighted by molar-refractivity contribution is 5.76. The number of aliphatic hydroxyl groups is 2. The minimum Gasteiger partial charge on any atom is -0.466 e. The molecule has 532 valence electrons. The lowest BCUT2D eigenvalue weighted by Gasteiger charge is -2.22. The Kier molecular flexibility index (Phi) is 77.8. The summed E-state index contributed by atoms with van der Waals surface area (Å²) in [7, 11) is 0. The van der Waals surface area contributed by atoms with E-state index < -0.39 is 12.1 Å². The molecule has 0 aliphatic heterocycles. The molecule has 3 N–H and O–H groups in total. The number of nitrogens with one attached hydrogen (secondary N) is 1. The summed E-state index contributed by atoms with van der Waals surface area (Å²) in [6.45, 7) is 4.99. The van der Waals surface area contributed by atoms with Crippen LogP contribution in [0.4, 0.5) is 0 Å². The first-order chi connectivity index (χ1) is 44.5. The summed E-state index contributed by atoms with van der Waals surface area (Å²) >= 11 is 0. The molecule has 90 heavy (non-hydrogen) atoms. The standard InChI is InChI=1S/C84H161NO5/c1-3-5-7-9-11-13-15-17-19-20-21-22-23-37-40-43-46-49-52-56-60-64-68-72-76-82(87)81(80-86)85-83(88)77-73-69-65-61-57-53-50-47-44-41-38-35-33-31-29-27-25-24-26-28-30-32-34-36-39-42-45-48-51-55-59-63-67-71-75-79-90-84(89)78-74-70-66-62-58-54-18-16-14-12-10-8-6-4-2/h16,18,26,28,32,34,81-82,86-87H,3-15,17,19-25,27,29-31,33,35-80H2,1-2H3,(H,85,88)/b18-16-,28-26-,34-32-. The molecule has 0 spiro atoms. The van der Waals surface area contributed by atoms with Crippen molar-refractivity contribution in [2.75, 3.05) is 13.2 Å². The fourth-order valence-corrected chi connectivity index (χ4v) is 13.1. The molecule has 0 aromatic carbocycles. The predicted octanol–water partition coefficient (Wildman–Crippen LogP) is 27.4. The van der Waals surface area contributed by atoms with Crippen LogP contribution in [0.25, 0.3) is 0 Å². The number of carbonyl (C=O) groups is 2. The monoisotopic (exact) mass is 1260 g/mol. The van der Waals surface area contributed by atoms with Crippen LogP contribution in [0.5, 0.6) is 0 Å². The van der Waals surface area contributed by atoms with Gasteiger partial charge in [-0.25, -0.2) is 0 Å². The second kappa shape index (κ2) is 79.5. The van der Waals surface area contributed by atoms with Crippen LogP contribution in [-0.4, -0.2) is 47.4 Å². The molecule has 0 radical (unpaired) electrons. The molecule has 6 heteroatoms. The smallest absolute Gasteiger partial charge is 0.305 e. The molecule has 0 bridgehead atoms. The number of hydrogen-bond donors (Lipinski definition) is 3. The van der Waals surface area contributed by atoms with Gasteiger partial charge in [0.05, 0.1) is 25.4 Å². The van der Waals surface area contributed by atoms with Gasteiger partial charge in [0.25, 0.3) is 0 Å².